The van der Waals surface area contributed by atoms with Crippen LogP contribution >= 0.6 is 0 Å². The topological polar surface area (TPSA) is 47.5 Å². The van der Waals surface area contributed by atoms with Gasteiger partial charge in [0.2, 0.25) is 5.88 Å². The maximum atomic E-state index is 6.14. The molecule has 0 N–H and O–H groups in total. The third-order valence-electron chi connectivity index (χ3n) is 5.84. The Labute approximate surface area is 171 Å². The van der Waals surface area contributed by atoms with Gasteiger partial charge in [-0.3, -0.25) is 0 Å². The summed E-state index contributed by atoms with van der Waals surface area (Å²) in [5.41, 5.74) is 2.60. The average molecular weight is 387 g/mol. The van der Waals surface area contributed by atoms with Gasteiger partial charge in [-0.2, -0.15) is 0 Å². The van der Waals surface area contributed by atoms with Crippen molar-refractivity contribution < 1.29 is 9.47 Å². The molecule has 1 atom stereocenters. The molecule has 5 nitrogen and oxygen atoms in total. The first-order chi connectivity index (χ1) is 14.3. The van der Waals surface area contributed by atoms with E-state index in [1.807, 2.05) is 12.1 Å². The van der Waals surface area contributed by atoms with Gasteiger partial charge in [-0.05, 0) is 29.9 Å². The lowest BCUT2D eigenvalue weighted by molar-refractivity contribution is 0.0394. The molecule has 3 aromatic rings. The Hall–Kier alpha value is -2.92. The van der Waals surface area contributed by atoms with Crippen LogP contribution in [0, 0.1) is 0 Å². The first-order valence-electron chi connectivity index (χ1n) is 10.3. The number of aromatic nitrogens is 2. The van der Waals surface area contributed by atoms with E-state index in [2.05, 4.69) is 69.5 Å². The van der Waals surface area contributed by atoms with Crippen LogP contribution in [0.5, 0.6) is 5.88 Å². The number of ether oxygens (including phenoxy) is 2. The SMILES string of the molecule is c1ccc(C2CC(Oc3cc(N4CCO[C@@H](c5ccccc5)C4)ncn3)C2)cc1. The van der Waals surface area contributed by atoms with Crippen molar-refractivity contribution in [3.05, 3.63) is 84.2 Å². The third-order valence-corrected chi connectivity index (χ3v) is 5.84. The highest BCUT2D eigenvalue weighted by molar-refractivity contribution is 5.42. The smallest absolute Gasteiger partial charge is 0.218 e. The van der Waals surface area contributed by atoms with Crippen LogP contribution in [0.15, 0.2) is 73.1 Å². The number of benzene rings is 2. The molecule has 5 heteroatoms. The van der Waals surface area contributed by atoms with E-state index in [0.29, 0.717) is 18.4 Å². The summed E-state index contributed by atoms with van der Waals surface area (Å²) in [5.74, 6) is 2.15. The molecule has 2 aromatic carbocycles. The molecule has 5 rings (SSSR count). The number of anilines is 1. The predicted molar refractivity (Wildman–Crippen MR) is 112 cm³/mol. The molecule has 0 unspecified atom stereocenters. The highest BCUT2D eigenvalue weighted by atomic mass is 16.5. The zero-order valence-corrected chi connectivity index (χ0v) is 16.4. The van der Waals surface area contributed by atoms with Crippen molar-refractivity contribution in [1.82, 2.24) is 9.97 Å². The molecule has 148 valence electrons. The lowest BCUT2D eigenvalue weighted by Gasteiger charge is -2.36. The van der Waals surface area contributed by atoms with Crippen molar-refractivity contribution in [2.45, 2.75) is 31.0 Å². The molecule has 0 bridgehead atoms. The number of nitrogens with zero attached hydrogens (tertiary/aromatic N) is 3. The van der Waals surface area contributed by atoms with E-state index >= 15 is 0 Å². The molecule has 0 spiro atoms. The summed E-state index contributed by atoms with van der Waals surface area (Å²) in [7, 11) is 0. The fraction of sp³-hybridized carbons (Fsp3) is 0.333. The van der Waals surface area contributed by atoms with E-state index in [1.165, 1.54) is 11.1 Å². The molecule has 2 aliphatic rings. The lowest BCUT2D eigenvalue weighted by Crippen LogP contribution is -2.39. The number of morpholine rings is 1. The van der Waals surface area contributed by atoms with Gasteiger partial charge in [0.25, 0.3) is 0 Å². The van der Waals surface area contributed by atoms with Crippen molar-refractivity contribution in [3.8, 4) is 5.88 Å². The second-order valence-electron chi connectivity index (χ2n) is 7.75. The third kappa shape index (κ3) is 4.10. The van der Waals surface area contributed by atoms with E-state index in [1.54, 1.807) is 6.33 Å². The zero-order chi connectivity index (χ0) is 19.5. The number of hydrogen-bond donors (Lipinski definition) is 0. The van der Waals surface area contributed by atoms with Crippen molar-refractivity contribution in [1.29, 1.82) is 0 Å². The minimum atomic E-state index is 0.0579. The van der Waals surface area contributed by atoms with Gasteiger partial charge in [-0.15, -0.1) is 0 Å². The Bertz CT molecular complexity index is 929. The molecule has 1 saturated carbocycles. The maximum Gasteiger partial charge on any atom is 0.218 e. The van der Waals surface area contributed by atoms with E-state index < -0.39 is 0 Å². The number of hydrogen-bond acceptors (Lipinski definition) is 5. The van der Waals surface area contributed by atoms with Gasteiger partial charge in [0.15, 0.2) is 0 Å². The Morgan fingerprint density at radius 1 is 0.897 bits per heavy atom. The van der Waals surface area contributed by atoms with Crippen LogP contribution in [0.4, 0.5) is 5.82 Å². The first kappa shape index (κ1) is 18.1. The Morgan fingerprint density at radius 2 is 1.62 bits per heavy atom. The van der Waals surface area contributed by atoms with Gasteiger partial charge in [0.05, 0.1) is 6.61 Å². The summed E-state index contributed by atoms with van der Waals surface area (Å²) in [6.45, 7) is 2.28. The second-order valence-corrected chi connectivity index (χ2v) is 7.75. The fourth-order valence-electron chi connectivity index (χ4n) is 4.12. The summed E-state index contributed by atoms with van der Waals surface area (Å²) >= 11 is 0. The molecule has 29 heavy (non-hydrogen) atoms. The Morgan fingerprint density at radius 3 is 2.38 bits per heavy atom. The molecular weight excluding hydrogens is 362 g/mol. The minimum Gasteiger partial charge on any atom is -0.474 e. The molecule has 2 heterocycles. The quantitative estimate of drug-likeness (QED) is 0.650. The Balaban J connectivity index is 1.21. The normalized spacial score (nSPS) is 24.0. The highest BCUT2D eigenvalue weighted by Crippen LogP contribution is 2.39. The summed E-state index contributed by atoms with van der Waals surface area (Å²) in [4.78, 5) is 11.1. The van der Waals surface area contributed by atoms with Crippen molar-refractivity contribution in [2.24, 2.45) is 0 Å². The van der Waals surface area contributed by atoms with Gasteiger partial charge < -0.3 is 14.4 Å². The van der Waals surface area contributed by atoms with E-state index in [4.69, 9.17) is 9.47 Å². The fourth-order valence-corrected chi connectivity index (χ4v) is 4.12. The van der Waals surface area contributed by atoms with Crippen LogP contribution in [0.1, 0.15) is 36.0 Å². The van der Waals surface area contributed by atoms with E-state index in [-0.39, 0.29) is 12.2 Å². The first-order valence-corrected chi connectivity index (χ1v) is 10.3. The van der Waals surface area contributed by atoms with Crippen molar-refractivity contribution in [3.63, 3.8) is 0 Å². The molecular formula is C24H25N3O2. The Kier molecular flexibility index (Phi) is 5.13. The van der Waals surface area contributed by atoms with Gasteiger partial charge in [0.1, 0.15) is 24.4 Å². The van der Waals surface area contributed by atoms with Crippen LogP contribution in [-0.2, 0) is 4.74 Å². The molecule has 1 saturated heterocycles. The standard InChI is InChI=1S/C24H25N3O2/c1-3-7-18(8-4-1)20-13-21(14-20)29-24-15-23(25-17-26-24)27-11-12-28-22(16-27)19-9-5-2-6-10-19/h1-10,15,17,20-22H,11-14,16H2/t20?,21?,22-/m1/s1. The van der Waals surface area contributed by atoms with Crippen LogP contribution in [0.3, 0.4) is 0 Å². The molecule has 2 fully saturated rings. The van der Waals surface area contributed by atoms with Gasteiger partial charge >= 0.3 is 0 Å². The van der Waals surface area contributed by atoms with Gasteiger partial charge in [-0.1, -0.05) is 60.7 Å². The largest absolute Gasteiger partial charge is 0.474 e. The van der Waals surface area contributed by atoms with E-state index in [9.17, 15) is 0 Å². The molecule has 0 radical (unpaired) electrons. The maximum absolute atomic E-state index is 6.14. The molecule has 1 aromatic heterocycles. The summed E-state index contributed by atoms with van der Waals surface area (Å²) < 4.78 is 12.1. The zero-order valence-electron chi connectivity index (χ0n) is 16.4. The van der Waals surface area contributed by atoms with Crippen molar-refractivity contribution >= 4 is 5.82 Å². The predicted octanol–water partition coefficient (Wildman–Crippen LogP) is 4.38. The van der Waals surface area contributed by atoms with Crippen molar-refractivity contribution in [2.75, 3.05) is 24.6 Å². The monoisotopic (exact) mass is 387 g/mol. The summed E-state index contributed by atoms with van der Waals surface area (Å²) in [6, 6.07) is 23.0. The average Bonchev–Trinajstić information content (AvgIpc) is 2.77. The minimum absolute atomic E-state index is 0.0579. The second kappa shape index (κ2) is 8.21. The molecule has 0 amide bonds. The van der Waals surface area contributed by atoms with Crippen LogP contribution in [0.2, 0.25) is 0 Å². The summed E-state index contributed by atoms with van der Waals surface area (Å²) in [6.07, 6.45) is 3.96. The van der Waals surface area contributed by atoms with Crippen LogP contribution in [0.25, 0.3) is 0 Å². The van der Waals surface area contributed by atoms with E-state index in [0.717, 1.165) is 31.7 Å². The lowest BCUT2D eigenvalue weighted by atomic mass is 9.77. The van der Waals surface area contributed by atoms with Crippen LogP contribution in [-0.4, -0.2) is 35.8 Å². The van der Waals surface area contributed by atoms with Crippen LogP contribution < -0.4 is 9.64 Å². The van der Waals surface area contributed by atoms with Gasteiger partial charge in [0, 0.05) is 19.2 Å². The summed E-state index contributed by atoms with van der Waals surface area (Å²) in [5, 5.41) is 0. The molecule has 1 aliphatic carbocycles. The van der Waals surface area contributed by atoms with Gasteiger partial charge in [-0.25, -0.2) is 9.97 Å². The molecule has 1 aliphatic heterocycles. The highest BCUT2D eigenvalue weighted by Gasteiger charge is 2.32. The number of rotatable bonds is 5.